The third-order valence-corrected chi connectivity index (χ3v) is 6.90. The van der Waals surface area contributed by atoms with Gasteiger partial charge < -0.3 is 19.5 Å². The summed E-state index contributed by atoms with van der Waals surface area (Å²) in [5.74, 6) is 0.546. The van der Waals surface area contributed by atoms with Crippen LogP contribution in [-0.2, 0) is 9.53 Å². The predicted molar refractivity (Wildman–Crippen MR) is 126 cm³/mol. The molecule has 1 aliphatic heterocycles. The number of hydrogen-bond donors (Lipinski definition) is 1. The Balaban J connectivity index is 1.62. The molecule has 0 unspecified atom stereocenters. The minimum absolute atomic E-state index is 0.0920. The van der Waals surface area contributed by atoms with E-state index in [1.165, 1.54) is 32.1 Å². The van der Waals surface area contributed by atoms with Gasteiger partial charge in [-0.3, -0.25) is 9.59 Å². The lowest BCUT2D eigenvalue weighted by atomic mass is 9.84. The average Bonchev–Trinajstić information content (AvgIpc) is 3.28. The quantitative estimate of drug-likeness (QED) is 0.541. The minimum atomic E-state index is -0.542. The second-order valence-corrected chi connectivity index (χ2v) is 10.7. The molecule has 33 heavy (non-hydrogen) atoms. The summed E-state index contributed by atoms with van der Waals surface area (Å²) in [5, 5.41) is 7.25. The van der Waals surface area contributed by atoms with Crippen LogP contribution < -0.4 is 5.32 Å². The van der Waals surface area contributed by atoms with E-state index in [0.29, 0.717) is 25.0 Å². The van der Waals surface area contributed by atoms with Crippen LogP contribution in [0.2, 0.25) is 0 Å². The molecule has 3 rings (SSSR count). The van der Waals surface area contributed by atoms with Crippen molar-refractivity contribution in [3.05, 3.63) is 11.7 Å². The maximum absolute atomic E-state index is 12.9. The number of ether oxygens (including phenoxy) is 1. The molecule has 1 atom stereocenters. The first kappa shape index (κ1) is 25.7. The van der Waals surface area contributed by atoms with Crippen molar-refractivity contribution in [1.82, 2.24) is 20.4 Å². The second kappa shape index (κ2) is 12.0. The minimum Gasteiger partial charge on any atom is -0.460 e. The van der Waals surface area contributed by atoms with Crippen LogP contribution in [0.25, 0.3) is 0 Å². The third kappa shape index (κ3) is 8.09. The van der Waals surface area contributed by atoms with E-state index >= 15 is 0 Å². The van der Waals surface area contributed by atoms with Gasteiger partial charge in [-0.2, -0.15) is 4.98 Å². The molecule has 1 amide bonds. The monoisotopic (exact) mass is 462 g/mol. The highest BCUT2D eigenvalue weighted by Crippen LogP contribution is 2.31. The first-order valence-electron chi connectivity index (χ1n) is 12.8. The maximum atomic E-state index is 12.9. The zero-order valence-corrected chi connectivity index (χ0v) is 20.9. The number of nitrogens with one attached hydrogen (secondary N) is 1. The van der Waals surface area contributed by atoms with E-state index in [2.05, 4.69) is 15.5 Å². The molecular formula is C25H42N4O4. The van der Waals surface area contributed by atoms with E-state index in [1.807, 2.05) is 27.8 Å². The number of carbonyl (C=O) groups excluding carboxylic acids is 2. The molecule has 0 spiro atoms. The van der Waals surface area contributed by atoms with Gasteiger partial charge in [0.15, 0.2) is 0 Å². The molecule has 2 aliphatic rings. The molecule has 186 valence electrons. The van der Waals surface area contributed by atoms with Crippen LogP contribution in [0.1, 0.15) is 114 Å². The highest BCUT2D eigenvalue weighted by molar-refractivity contribution is 5.90. The zero-order valence-electron chi connectivity index (χ0n) is 20.9. The van der Waals surface area contributed by atoms with Gasteiger partial charge in [-0.25, -0.2) is 0 Å². The van der Waals surface area contributed by atoms with Gasteiger partial charge in [0.1, 0.15) is 5.60 Å². The van der Waals surface area contributed by atoms with Gasteiger partial charge in [-0.1, -0.05) is 50.1 Å². The number of hydrogen-bond acceptors (Lipinski definition) is 7. The van der Waals surface area contributed by atoms with Crippen LogP contribution in [0.3, 0.4) is 0 Å². The lowest BCUT2D eigenvalue weighted by Crippen LogP contribution is -2.44. The number of nitrogens with zero attached hydrogens (tertiary/aromatic N) is 3. The van der Waals surface area contributed by atoms with Crippen molar-refractivity contribution in [2.75, 3.05) is 20.1 Å². The van der Waals surface area contributed by atoms with Crippen molar-refractivity contribution in [2.24, 2.45) is 5.92 Å². The van der Waals surface area contributed by atoms with E-state index in [9.17, 15) is 9.59 Å². The number of aromatic nitrogens is 2. The summed E-state index contributed by atoms with van der Waals surface area (Å²) < 4.78 is 11.1. The van der Waals surface area contributed by atoms with Gasteiger partial charge in [0, 0.05) is 25.0 Å². The summed E-state index contributed by atoms with van der Waals surface area (Å²) in [6.45, 7) is 6.95. The van der Waals surface area contributed by atoms with Gasteiger partial charge in [0.25, 0.3) is 11.7 Å². The molecule has 0 bridgehead atoms. The molecule has 1 aromatic heterocycles. The summed E-state index contributed by atoms with van der Waals surface area (Å²) in [6, 6.07) is 0.442. The lowest BCUT2D eigenvalue weighted by molar-refractivity contribution is -0.155. The molecular weight excluding hydrogens is 420 g/mol. The summed E-state index contributed by atoms with van der Waals surface area (Å²) in [6.07, 6.45) is 11.6. The number of piperidine rings is 1. The van der Waals surface area contributed by atoms with Crippen LogP contribution in [-0.4, -0.2) is 58.7 Å². The number of rotatable bonds is 9. The number of carbonyl (C=O) groups is 2. The van der Waals surface area contributed by atoms with E-state index in [0.717, 1.165) is 38.0 Å². The standard InChI is InChI=1S/C25H42N4O4/c1-25(2,3)32-21(30)17-19(12-8-11-18-9-6-5-7-10-18)23-27-22(28-33-23)24(31)29-15-13-20(26-4)14-16-29/h18-20,26H,5-17H2,1-4H3/t19-/m1/s1. The molecule has 2 heterocycles. The Hall–Kier alpha value is -1.96. The zero-order chi connectivity index (χ0) is 23.8. The predicted octanol–water partition coefficient (Wildman–Crippen LogP) is 4.46. The van der Waals surface area contributed by atoms with Crippen LogP contribution in [0, 0.1) is 5.92 Å². The number of amides is 1. The van der Waals surface area contributed by atoms with Crippen molar-refractivity contribution < 1.29 is 18.8 Å². The van der Waals surface area contributed by atoms with Crippen LogP contribution in [0.15, 0.2) is 4.52 Å². The van der Waals surface area contributed by atoms with E-state index < -0.39 is 5.60 Å². The number of likely N-dealkylation sites (tertiary alicyclic amines) is 1. The summed E-state index contributed by atoms with van der Waals surface area (Å²) in [7, 11) is 1.95. The summed E-state index contributed by atoms with van der Waals surface area (Å²) in [4.78, 5) is 31.7. The Labute approximate surface area is 198 Å². The van der Waals surface area contributed by atoms with Crippen molar-refractivity contribution in [3.8, 4) is 0 Å². The molecule has 0 aromatic carbocycles. The van der Waals surface area contributed by atoms with E-state index in [1.54, 1.807) is 4.90 Å². The highest BCUT2D eigenvalue weighted by Gasteiger charge is 2.30. The van der Waals surface area contributed by atoms with Gasteiger partial charge >= 0.3 is 5.97 Å². The Kier molecular flexibility index (Phi) is 9.29. The smallest absolute Gasteiger partial charge is 0.307 e. The van der Waals surface area contributed by atoms with Gasteiger partial charge in [-0.15, -0.1) is 0 Å². The Morgan fingerprint density at radius 2 is 1.85 bits per heavy atom. The second-order valence-electron chi connectivity index (χ2n) is 10.7. The third-order valence-electron chi connectivity index (χ3n) is 6.90. The topological polar surface area (TPSA) is 97.6 Å². The Bertz CT molecular complexity index is 759. The van der Waals surface area contributed by atoms with Crippen LogP contribution in [0.4, 0.5) is 0 Å². The molecule has 2 fully saturated rings. The molecule has 1 aromatic rings. The molecule has 8 heteroatoms. The SMILES string of the molecule is CNC1CCN(C(=O)c2noc([C@H](CCCC3CCCCC3)CC(=O)OC(C)(C)C)n2)CC1. The van der Waals surface area contributed by atoms with Crippen LogP contribution in [0.5, 0.6) is 0 Å². The molecule has 8 nitrogen and oxygen atoms in total. The Morgan fingerprint density at radius 1 is 1.15 bits per heavy atom. The molecule has 1 N–H and O–H groups in total. The first-order chi connectivity index (χ1) is 15.7. The first-order valence-corrected chi connectivity index (χ1v) is 12.8. The fourth-order valence-electron chi connectivity index (χ4n) is 5.03. The van der Waals surface area contributed by atoms with Gasteiger partial charge in [0.2, 0.25) is 5.89 Å². The largest absolute Gasteiger partial charge is 0.460 e. The fraction of sp³-hybridized carbons (Fsp3) is 0.840. The van der Waals surface area contributed by atoms with E-state index in [4.69, 9.17) is 9.26 Å². The average molecular weight is 463 g/mol. The molecule has 0 radical (unpaired) electrons. The van der Waals surface area contributed by atoms with Crippen molar-refractivity contribution in [1.29, 1.82) is 0 Å². The highest BCUT2D eigenvalue weighted by atomic mass is 16.6. The molecule has 1 saturated heterocycles. The Morgan fingerprint density at radius 3 is 2.48 bits per heavy atom. The van der Waals surface area contributed by atoms with Gasteiger partial charge in [0.05, 0.1) is 6.42 Å². The van der Waals surface area contributed by atoms with Crippen molar-refractivity contribution >= 4 is 11.9 Å². The summed E-state index contributed by atoms with van der Waals surface area (Å²) in [5.41, 5.74) is -0.542. The van der Waals surface area contributed by atoms with Crippen LogP contribution >= 0.6 is 0 Å². The molecule has 1 aliphatic carbocycles. The van der Waals surface area contributed by atoms with Crippen molar-refractivity contribution in [3.63, 3.8) is 0 Å². The summed E-state index contributed by atoms with van der Waals surface area (Å²) >= 11 is 0. The molecule has 1 saturated carbocycles. The number of esters is 1. The van der Waals surface area contributed by atoms with E-state index in [-0.39, 0.29) is 30.0 Å². The fourth-order valence-corrected chi connectivity index (χ4v) is 5.03. The lowest BCUT2D eigenvalue weighted by Gasteiger charge is -2.30. The van der Waals surface area contributed by atoms with Crippen molar-refractivity contribution in [2.45, 2.75) is 109 Å². The van der Waals surface area contributed by atoms with Gasteiger partial charge in [-0.05, 0) is 53.0 Å². The maximum Gasteiger partial charge on any atom is 0.307 e. The normalized spacial score (nSPS) is 19.5.